The van der Waals surface area contributed by atoms with E-state index in [0.29, 0.717) is 12.1 Å². The van der Waals surface area contributed by atoms with Gasteiger partial charge in [-0.25, -0.2) is 9.48 Å². The summed E-state index contributed by atoms with van der Waals surface area (Å²) in [5.41, 5.74) is 3.00. The van der Waals surface area contributed by atoms with Gasteiger partial charge in [0, 0.05) is 18.3 Å². The summed E-state index contributed by atoms with van der Waals surface area (Å²) in [4.78, 5) is 11.4. The molecule has 0 unspecified atom stereocenters. The Balaban J connectivity index is 2.22. The molecule has 1 aromatic carbocycles. The number of nitrogens with one attached hydrogen (secondary N) is 1. The average Bonchev–Trinajstić information content (AvgIpc) is 2.95. The van der Waals surface area contributed by atoms with Gasteiger partial charge in [-0.1, -0.05) is 46.2 Å². The van der Waals surface area contributed by atoms with E-state index in [-0.39, 0.29) is 11.1 Å². The lowest BCUT2D eigenvalue weighted by atomic mass is 9.87. The molecule has 0 radical (unpaired) electrons. The Morgan fingerprint density at radius 2 is 1.92 bits per heavy atom. The molecule has 0 bridgehead atoms. The maximum atomic E-state index is 11.4. The first-order valence-corrected chi connectivity index (χ1v) is 8.46. The first-order valence-electron chi connectivity index (χ1n) is 8.46. The van der Waals surface area contributed by atoms with Gasteiger partial charge in [0.15, 0.2) is 5.69 Å². The number of hydrogen-bond donors (Lipinski definition) is 2. The number of unbranched alkanes of at least 4 members (excludes halogenated alkanes) is 1. The fraction of sp³-hybridized carbons (Fsp3) is 0.474. The molecule has 1 heterocycles. The lowest BCUT2D eigenvalue weighted by Gasteiger charge is -2.19. The third-order valence-corrected chi connectivity index (χ3v) is 4.01. The molecule has 0 fully saturated rings. The minimum atomic E-state index is -0.993. The van der Waals surface area contributed by atoms with Crippen molar-refractivity contribution < 1.29 is 9.90 Å². The Hall–Kier alpha value is -2.14. The molecule has 0 amide bonds. The van der Waals surface area contributed by atoms with Crippen LogP contribution in [-0.4, -0.2) is 27.4 Å². The molecule has 0 spiro atoms. The highest BCUT2D eigenvalue weighted by atomic mass is 16.4. The average molecular weight is 329 g/mol. The highest BCUT2D eigenvalue weighted by Gasteiger charge is 2.17. The van der Waals surface area contributed by atoms with Crippen molar-refractivity contribution in [2.24, 2.45) is 0 Å². The zero-order valence-electron chi connectivity index (χ0n) is 15.0. The van der Waals surface area contributed by atoms with Crippen LogP contribution in [0.4, 0.5) is 0 Å². The van der Waals surface area contributed by atoms with Crippen LogP contribution < -0.4 is 5.32 Å². The van der Waals surface area contributed by atoms with E-state index < -0.39 is 5.97 Å². The zero-order chi connectivity index (χ0) is 17.7. The van der Waals surface area contributed by atoms with Crippen molar-refractivity contribution in [2.45, 2.75) is 52.5 Å². The van der Waals surface area contributed by atoms with Crippen molar-refractivity contribution >= 4 is 5.97 Å². The predicted octanol–water partition coefficient (Wildman–Crippen LogP) is 3.76. The molecule has 5 nitrogen and oxygen atoms in total. The number of hydrogen-bond acceptors (Lipinski definition) is 3. The van der Waals surface area contributed by atoms with Crippen LogP contribution in [0.3, 0.4) is 0 Å². The maximum absolute atomic E-state index is 11.4. The maximum Gasteiger partial charge on any atom is 0.356 e. The molecule has 1 aromatic heterocycles. The largest absolute Gasteiger partial charge is 0.476 e. The van der Waals surface area contributed by atoms with Gasteiger partial charge >= 0.3 is 5.97 Å². The van der Waals surface area contributed by atoms with Gasteiger partial charge in [-0.3, -0.25) is 0 Å². The summed E-state index contributed by atoms with van der Waals surface area (Å²) in [5.74, 6) is -0.993. The lowest BCUT2D eigenvalue weighted by molar-refractivity contribution is 0.0688. The summed E-state index contributed by atoms with van der Waals surface area (Å²) in [5, 5.41) is 16.9. The van der Waals surface area contributed by atoms with E-state index in [1.807, 2.05) is 12.1 Å². The number of rotatable bonds is 7. The van der Waals surface area contributed by atoms with E-state index >= 15 is 0 Å². The van der Waals surface area contributed by atoms with Gasteiger partial charge in [0.05, 0.1) is 5.69 Å². The van der Waals surface area contributed by atoms with Crippen LogP contribution in [0.1, 0.15) is 62.2 Å². The molecule has 2 N–H and O–H groups in total. The summed E-state index contributed by atoms with van der Waals surface area (Å²) in [6.45, 7) is 10.0. The topological polar surface area (TPSA) is 67.2 Å². The zero-order valence-corrected chi connectivity index (χ0v) is 15.0. The first-order chi connectivity index (χ1) is 11.3. The SMILES string of the molecule is CCCCNCc1cn(-c2ccc(C(C)(C)C)cc2)nc1C(=O)O. The Kier molecular flexibility index (Phi) is 5.78. The summed E-state index contributed by atoms with van der Waals surface area (Å²) < 4.78 is 1.65. The molecule has 0 atom stereocenters. The second kappa shape index (κ2) is 7.62. The van der Waals surface area contributed by atoms with Gasteiger partial charge < -0.3 is 10.4 Å². The molecule has 24 heavy (non-hydrogen) atoms. The van der Waals surface area contributed by atoms with Crippen LogP contribution in [0.25, 0.3) is 5.69 Å². The van der Waals surface area contributed by atoms with Crippen LogP contribution in [0.5, 0.6) is 0 Å². The molecule has 2 aromatic rings. The van der Waals surface area contributed by atoms with E-state index in [1.54, 1.807) is 10.9 Å². The smallest absolute Gasteiger partial charge is 0.356 e. The van der Waals surface area contributed by atoms with E-state index in [4.69, 9.17) is 0 Å². The molecule has 2 rings (SSSR count). The molecule has 0 aliphatic rings. The number of carboxylic acids is 1. The quantitative estimate of drug-likeness (QED) is 0.759. The Bertz CT molecular complexity index is 682. The van der Waals surface area contributed by atoms with Gasteiger partial charge in [-0.15, -0.1) is 0 Å². The van der Waals surface area contributed by atoms with Crippen molar-refractivity contribution in [3.63, 3.8) is 0 Å². The minimum Gasteiger partial charge on any atom is -0.476 e. The van der Waals surface area contributed by atoms with Gasteiger partial charge in [0.1, 0.15) is 0 Å². The molecular formula is C19H27N3O2. The molecule has 5 heteroatoms. The van der Waals surface area contributed by atoms with Gasteiger partial charge in [0.2, 0.25) is 0 Å². The summed E-state index contributed by atoms with van der Waals surface area (Å²) in [6.07, 6.45) is 3.98. The summed E-state index contributed by atoms with van der Waals surface area (Å²) in [6, 6.07) is 8.09. The number of aromatic carboxylic acids is 1. The Labute approximate surface area is 143 Å². The number of carboxylic acid groups (broad SMARTS) is 1. The highest BCUT2D eigenvalue weighted by molar-refractivity contribution is 5.87. The molecule has 0 aliphatic carbocycles. The fourth-order valence-corrected chi connectivity index (χ4v) is 2.49. The van der Waals surface area contributed by atoms with Crippen molar-refractivity contribution in [1.82, 2.24) is 15.1 Å². The van der Waals surface area contributed by atoms with Crippen LogP contribution in [0.15, 0.2) is 30.5 Å². The molecular weight excluding hydrogens is 302 g/mol. The monoisotopic (exact) mass is 329 g/mol. The number of aromatic nitrogens is 2. The number of benzene rings is 1. The number of nitrogens with zero attached hydrogens (tertiary/aromatic N) is 2. The second-order valence-corrected chi connectivity index (χ2v) is 7.08. The Morgan fingerprint density at radius 3 is 2.46 bits per heavy atom. The first kappa shape index (κ1) is 18.2. The highest BCUT2D eigenvalue weighted by Crippen LogP contribution is 2.23. The van der Waals surface area contributed by atoms with E-state index in [9.17, 15) is 9.90 Å². The van der Waals surface area contributed by atoms with Crippen LogP contribution >= 0.6 is 0 Å². The van der Waals surface area contributed by atoms with Crippen LogP contribution in [-0.2, 0) is 12.0 Å². The minimum absolute atomic E-state index is 0.0865. The van der Waals surface area contributed by atoms with Crippen LogP contribution in [0.2, 0.25) is 0 Å². The normalized spacial score (nSPS) is 11.7. The lowest BCUT2D eigenvalue weighted by Crippen LogP contribution is -2.16. The summed E-state index contributed by atoms with van der Waals surface area (Å²) >= 11 is 0. The Morgan fingerprint density at radius 1 is 1.25 bits per heavy atom. The summed E-state index contributed by atoms with van der Waals surface area (Å²) in [7, 11) is 0. The van der Waals surface area contributed by atoms with Crippen molar-refractivity contribution in [3.8, 4) is 5.69 Å². The van der Waals surface area contributed by atoms with Crippen molar-refractivity contribution in [2.75, 3.05) is 6.54 Å². The van der Waals surface area contributed by atoms with Crippen molar-refractivity contribution in [3.05, 3.63) is 47.3 Å². The van der Waals surface area contributed by atoms with Crippen LogP contribution in [0, 0.1) is 0 Å². The van der Waals surface area contributed by atoms with E-state index in [0.717, 1.165) is 25.1 Å². The molecule has 0 saturated carbocycles. The van der Waals surface area contributed by atoms with Gasteiger partial charge in [0.25, 0.3) is 0 Å². The second-order valence-electron chi connectivity index (χ2n) is 7.08. The standard InChI is InChI=1S/C19H27N3O2/c1-5-6-11-20-12-14-13-22(21-17(14)18(23)24)16-9-7-15(8-10-16)19(2,3)4/h7-10,13,20H,5-6,11-12H2,1-4H3,(H,23,24). The molecule has 130 valence electrons. The predicted molar refractivity (Wildman–Crippen MR) is 95.8 cm³/mol. The molecule has 0 aliphatic heterocycles. The van der Waals surface area contributed by atoms with Gasteiger partial charge in [-0.05, 0) is 36.1 Å². The third kappa shape index (κ3) is 4.45. The molecule has 0 saturated heterocycles. The fourth-order valence-electron chi connectivity index (χ4n) is 2.49. The van der Waals surface area contributed by atoms with Gasteiger partial charge in [-0.2, -0.15) is 5.10 Å². The van der Waals surface area contributed by atoms with Crippen molar-refractivity contribution in [1.29, 1.82) is 0 Å². The van der Waals surface area contributed by atoms with E-state index in [2.05, 4.69) is 50.2 Å². The third-order valence-electron chi connectivity index (χ3n) is 4.01. The van der Waals surface area contributed by atoms with E-state index in [1.165, 1.54) is 5.56 Å². The number of carbonyl (C=O) groups is 1.